The largest absolute Gasteiger partial charge is 0.423 e. The molecule has 0 spiro atoms. The Kier molecular flexibility index (Phi) is 4.73. The van der Waals surface area contributed by atoms with Gasteiger partial charge in [-0.1, -0.05) is 0 Å². The maximum atomic E-state index is 12.4. The molecule has 1 N–H and O–H groups in total. The first kappa shape index (κ1) is 17.4. The topological polar surface area (TPSA) is 111 Å². The van der Waals surface area contributed by atoms with Crippen molar-refractivity contribution in [1.29, 1.82) is 5.26 Å². The van der Waals surface area contributed by atoms with Crippen molar-refractivity contribution in [3.8, 4) is 6.07 Å². The first-order chi connectivity index (χ1) is 13.2. The van der Waals surface area contributed by atoms with Crippen molar-refractivity contribution in [2.24, 2.45) is 0 Å². The number of nitrogens with zero attached hydrogens (tertiary/aromatic N) is 6. The van der Waals surface area contributed by atoms with Crippen LogP contribution in [0.4, 0.5) is 11.8 Å². The van der Waals surface area contributed by atoms with Crippen LogP contribution in [-0.4, -0.2) is 58.0 Å². The van der Waals surface area contributed by atoms with Crippen molar-refractivity contribution >= 4 is 17.7 Å². The fourth-order valence-electron chi connectivity index (χ4n) is 3.18. The van der Waals surface area contributed by atoms with E-state index in [1.807, 2.05) is 11.8 Å². The molecule has 1 amide bonds. The summed E-state index contributed by atoms with van der Waals surface area (Å²) < 4.78 is 5.87. The molecule has 1 aliphatic heterocycles. The second kappa shape index (κ2) is 7.32. The lowest BCUT2D eigenvalue weighted by molar-refractivity contribution is -0.120. The van der Waals surface area contributed by atoms with Crippen LogP contribution in [0.5, 0.6) is 0 Å². The van der Waals surface area contributed by atoms with Gasteiger partial charge in [0.2, 0.25) is 29.3 Å². The van der Waals surface area contributed by atoms with Gasteiger partial charge < -0.3 is 9.32 Å². The van der Waals surface area contributed by atoms with Gasteiger partial charge in [-0.3, -0.25) is 15.0 Å². The van der Waals surface area contributed by atoms with Crippen molar-refractivity contribution < 1.29 is 9.21 Å². The average Bonchev–Trinajstić information content (AvgIpc) is 3.47. The normalized spacial score (nSPS) is 18.7. The number of aromatic nitrogens is 3. The Bertz CT molecular complexity index is 848. The van der Waals surface area contributed by atoms with Gasteiger partial charge in [0, 0.05) is 44.5 Å². The number of nitrogens with one attached hydrogen (secondary N) is 1. The fourth-order valence-corrected chi connectivity index (χ4v) is 3.18. The van der Waals surface area contributed by atoms with E-state index >= 15 is 0 Å². The highest BCUT2D eigenvalue weighted by molar-refractivity contribution is 5.93. The van der Waals surface area contributed by atoms with E-state index in [1.165, 1.54) is 0 Å². The van der Waals surface area contributed by atoms with E-state index in [0.717, 1.165) is 12.8 Å². The number of anilines is 2. The van der Waals surface area contributed by atoms with E-state index in [2.05, 4.69) is 31.2 Å². The molecule has 2 aromatic rings. The molecule has 0 bridgehead atoms. The van der Waals surface area contributed by atoms with Crippen LogP contribution in [0.3, 0.4) is 0 Å². The molecule has 0 unspecified atom stereocenters. The zero-order chi connectivity index (χ0) is 18.8. The smallest absolute Gasteiger partial charge is 0.243 e. The molecule has 1 saturated heterocycles. The lowest BCUT2D eigenvalue weighted by atomic mass is 10.2. The number of hydrogen-bond donors (Lipinski definition) is 1. The third-order valence-corrected chi connectivity index (χ3v) is 4.99. The Hall–Kier alpha value is -2.99. The van der Waals surface area contributed by atoms with Crippen LogP contribution in [0.25, 0.3) is 0 Å². The molecule has 4 rings (SSSR count). The highest BCUT2D eigenvalue weighted by Gasteiger charge is 2.33. The molecular formula is C18H21N7O2. The molecule has 9 nitrogen and oxygen atoms in total. The fraction of sp³-hybridized carbons (Fsp3) is 0.500. The van der Waals surface area contributed by atoms with Crippen molar-refractivity contribution in [1.82, 2.24) is 19.9 Å². The van der Waals surface area contributed by atoms with Crippen LogP contribution in [-0.2, 0) is 4.79 Å². The lowest BCUT2D eigenvalue weighted by Gasteiger charge is -2.37. The number of rotatable bonds is 5. The summed E-state index contributed by atoms with van der Waals surface area (Å²) in [5.74, 6) is 1.79. The standard InChI is InChI=1S/C18H21N7O2/c1-12(15(26)23-18-20-5-2-6-21-18)24-7-9-25(10-8-24)17-14(11-19)22-16(27-17)13-3-4-13/h2,5-6,12-13H,3-4,7-10H2,1H3,(H,20,21,23,26)/t12-/m1/s1. The molecule has 2 aliphatic rings. The molecular weight excluding hydrogens is 346 g/mol. The van der Waals surface area contributed by atoms with Crippen molar-refractivity contribution in [2.75, 3.05) is 36.4 Å². The van der Waals surface area contributed by atoms with E-state index in [-0.39, 0.29) is 11.9 Å². The molecule has 27 heavy (non-hydrogen) atoms. The van der Waals surface area contributed by atoms with Gasteiger partial charge in [0.15, 0.2) is 0 Å². The second-order valence-corrected chi connectivity index (χ2v) is 6.85. The average molecular weight is 367 g/mol. The quantitative estimate of drug-likeness (QED) is 0.843. The lowest BCUT2D eigenvalue weighted by Crippen LogP contribution is -2.53. The molecule has 2 fully saturated rings. The summed E-state index contributed by atoms with van der Waals surface area (Å²) in [4.78, 5) is 28.9. The van der Waals surface area contributed by atoms with Crippen molar-refractivity contribution in [2.45, 2.75) is 31.7 Å². The third-order valence-electron chi connectivity index (χ3n) is 4.99. The number of nitriles is 1. The van der Waals surface area contributed by atoms with Crippen LogP contribution in [0, 0.1) is 11.3 Å². The maximum Gasteiger partial charge on any atom is 0.243 e. The van der Waals surface area contributed by atoms with Gasteiger partial charge >= 0.3 is 0 Å². The highest BCUT2D eigenvalue weighted by atomic mass is 16.4. The first-order valence-electron chi connectivity index (χ1n) is 9.13. The number of piperazine rings is 1. The van der Waals surface area contributed by atoms with Crippen LogP contribution in [0.1, 0.15) is 37.3 Å². The van der Waals surface area contributed by atoms with Gasteiger partial charge in [0.1, 0.15) is 6.07 Å². The van der Waals surface area contributed by atoms with Gasteiger partial charge in [-0.05, 0) is 25.8 Å². The molecule has 0 radical (unpaired) electrons. The molecule has 1 aliphatic carbocycles. The molecule has 9 heteroatoms. The summed E-state index contributed by atoms with van der Waals surface area (Å²) in [6.07, 6.45) is 5.34. The van der Waals surface area contributed by atoms with Crippen molar-refractivity contribution in [3.63, 3.8) is 0 Å². The Balaban J connectivity index is 1.36. The second-order valence-electron chi connectivity index (χ2n) is 6.85. The molecule has 2 aromatic heterocycles. The Morgan fingerprint density at radius 2 is 2.00 bits per heavy atom. The SMILES string of the molecule is C[C@H](C(=O)Nc1ncccn1)N1CCN(c2oc(C3CC3)nc2C#N)CC1. The van der Waals surface area contributed by atoms with Gasteiger partial charge in [-0.25, -0.2) is 15.0 Å². The number of amides is 1. The summed E-state index contributed by atoms with van der Waals surface area (Å²) in [5.41, 5.74) is 0.359. The molecule has 1 atom stereocenters. The maximum absolute atomic E-state index is 12.4. The highest BCUT2D eigenvalue weighted by Crippen LogP contribution is 2.41. The Labute approximate surface area is 157 Å². The van der Waals surface area contributed by atoms with Gasteiger partial charge in [-0.15, -0.1) is 0 Å². The molecule has 140 valence electrons. The number of hydrogen-bond acceptors (Lipinski definition) is 8. The van der Waals surface area contributed by atoms with Gasteiger partial charge in [0.05, 0.1) is 6.04 Å². The van der Waals surface area contributed by atoms with E-state index in [1.54, 1.807) is 18.5 Å². The Morgan fingerprint density at radius 3 is 2.63 bits per heavy atom. The summed E-state index contributed by atoms with van der Waals surface area (Å²) in [6.45, 7) is 4.60. The van der Waals surface area contributed by atoms with Crippen molar-refractivity contribution in [3.05, 3.63) is 30.0 Å². The predicted octanol–water partition coefficient (Wildman–Crippen LogP) is 1.36. The van der Waals surface area contributed by atoms with Gasteiger partial charge in [-0.2, -0.15) is 5.26 Å². The first-order valence-corrected chi connectivity index (χ1v) is 9.13. The third kappa shape index (κ3) is 3.75. The predicted molar refractivity (Wildman–Crippen MR) is 97.1 cm³/mol. The molecule has 3 heterocycles. The van der Waals surface area contributed by atoms with Crippen LogP contribution >= 0.6 is 0 Å². The van der Waals surface area contributed by atoms with E-state index < -0.39 is 0 Å². The number of carbonyl (C=O) groups is 1. The van der Waals surface area contributed by atoms with Gasteiger partial charge in [0.25, 0.3) is 0 Å². The van der Waals surface area contributed by atoms with E-state index in [9.17, 15) is 10.1 Å². The minimum atomic E-state index is -0.303. The number of carbonyl (C=O) groups excluding carboxylic acids is 1. The summed E-state index contributed by atoms with van der Waals surface area (Å²) in [6, 6.07) is 3.53. The van der Waals surface area contributed by atoms with Crippen LogP contribution in [0.15, 0.2) is 22.9 Å². The minimum Gasteiger partial charge on any atom is -0.423 e. The van der Waals surface area contributed by atoms with E-state index in [4.69, 9.17) is 4.42 Å². The summed E-state index contributed by atoms with van der Waals surface area (Å²) in [5, 5.41) is 12.1. The summed E-state index contributed by atoms with van der Waals surface area (Å²) >= 11 is 0. The summed E-state index contributed by atoms with van der Waals surface area (Å²) in [7, 11) is 0. The molecule has 1 saturated carbocycles. The zero-order valence-electron chi connectivity index (χ0n) is 15.1. The van der Waals surface area contributed by atoms with Crippen LogP contribution < -0.4 is 10.2 Å². The van der Waals surface area contributed by atoms with Crippen LogP contribution in [0.2, 0.25) is 0 Å². The Morgan fingerprint density at radius 1 is 1.30 bits per heavy atom. The number of oxazole rings is 1. The zero-order valence-corrected chi connectivity index (χ0v) is 15.1. The van der Waals surface area contributed by atoms with E-state index in [0.29, 0.717) is 55.5 Å². The molecule has 0 aromatic carbocycles. The monoisotopic (exact) mass is 367 g/mol. The minimum absolute atomic E-state index is 0.136.